The maximum Gasteiger partial charge on any atom is 0.330 e. The fourth-order valence-corrected chi connectivity index (χ4v) is 8.14. The van der Waals surface area contributed by atoms with E-state index in [9.17, 15) is 10.1 Å². The predicted octanol–water partition coefficient (Wildman–Crippen LogP) is 5.09. The summed E-state index contributed by atoms with van der Waals surface area (Å²) in [7, 11) is 5.40. The minimum atomic E-state index is -0.448. The Morgan fingerprint density at radius 1 is 1.00 bits per heavy atom. The van der Waals surface area contributed by atoms with E-state index >= 15 is 0 Å². The zero-order valence-electron chi connectivity index (χ0n) is 27.1. The summed E-state index contributed by atoms with van der Waals surface area (Å²) >= 11 is 0. The lowest BCUT2D eigenvalue weighted by Crippen LogP contribution is -2.68. The van der Waals surface area contributed by atoms with Crippen LogP contribution in [0.3, 0.4) is 0 Å². The molecular weight excluding hydrogens is 608 g/mol. The van der Waals surface area contributed by atoms with Crippen molar-refractivity contribution in [1.82, 2.24) is 14.8 Å². The molecule has 0 aliphatic carbocycles. The van der Waals surface area contributed by atoms with Crippen LogP contribution in [0, 0.1) is 11.3 Å². The number of pyridine rings is 1. The van der Waals surface area contributed by atoms with Crippen LogP contribution in [0.5, 0.6) is 23.0 Å². The summed E-state index contributed by atoms with van der Waals surface area (Å²) in [4.78, 5) is 22.3. The highest BCUT2D eigenvalue weighted by Gasteiger charge is 2.54. The summed E-state index contributed by atoms with van der Waals surface area (Å²) in [5, 5.41) is 11.8. The number of fused-ring (bicyclic) bond motifs is 9. The summed E-state index contributed by atoms with van der Waals surface area (Å²) < 4.78 is 28.9. The van der Waals surface area contributed by atoms with Crippen molar-refractivity contribution in [3.05, 3.63) is 101 Å². The van der Waals surface area contributed by atoms with Gasteiger partial charge in [-0.25, -0.2) is 4.79 Å². The number of allylic oxidation sites excluding steroid dienone is 1. The Balaban J connectivity index is 1.11. The van der Waals surface area contributed by atoms with Gasteiger partial charge in [-0.05, 0) is 90.5 Å². The average molecular weight is 645 g/mol. The average Bonchev–Trinajstić information content (AvgIpc) is 3.56. The third-order valence-corrected chi connectivity index (χ3v) is 10.3. The Bertz CT molecular complexity index is 1990. The molecule has 1 saturated heterocycles. The lowest BCUT2D eigenvalue weighted by Gasteiger charge is -2.59. The van der Waals surface area contributed by atoms with E-state index in [2.05, 4.69) is 46.1 Å². The van der Waals surface area contributed by atoms with Gasteiger partial charge in [0.15, 0.2) is 23.0 Å². The Morgan fingerprint density at radius 2 is 1.75 bits per heavy atom. The van der Waals surface area contributed by atoms with Crippen molar-refractivity contribution < 1.29 is 28.5 Å². The summed E-state index contributed by atoms with van der Waals surface area (Å²) in [5.74, 6) is 2.29. The number of benzene rings is 3. The monoisotopic (exact) mass is 644 g/mol. The van der Waals surface area contributed by atoms with Crippen LogP contribution in [-0.4, -0.2) is 73.5 Å². The molecule has 3 aromatic carbocycles. The van der Waals surface area contributed by atoms with Gasteiger partial charge < -0.3 is 23.7 Å². The highest BCUT2D eigenvalue weighted by Crippen LogP contribution is 2.52. The van der Waals surface area contributed by atoms with E-state index in [-0.39, 0.29) is 37.6 Å². The molecule has 4 aromatic rings. The lowest BCUT2D eigenvalue weighted by molar-refractivity contribution is -0.143. The van der Waals surface area contributed by atoms with E-state index in [1.807, 2.05) is 42.6 Å². The number of para-hydroxylation sites is 1. The van der Waals surface area contributed by atoms with Crippen molar-refractivity contribution in [2.75, 3.05) is 34.7 Å². The van der Waals surface area contributed by atoms with Gasteiger partial charge in [-0.2, -0.15) is 5.26 Å². The summed E-state index contributed by atoms with van der Waals surface area (Å²) in [6.07, 6.45) is 7.03. The Labute approximate surface area is 279 Å². The molecule has 10 heteroatoms. The second kappa shape index (κ2) is 12.2. The first-order valence-corrected chi connectivity index (χ1v) is 16.2. The van der Waals surface area contributed by atoms with Gasteiger partial charge in [0.1, 0.15) is 12.6 Å². The van der Waals surface area contributed by atoms with Crippen LogP contribution in [0.25, 0.3) is 10.9 Å². The first-order valence-electron chi connectivity index (χ1n) is 16.2. The number of rotatable bonds is 7. The molecule has 0 saturated carbocycles. The Hall–Kier alpha value is -5.11. The fourth-order valence-electron chi connectivity index (χ4n) is 8.14. The van der Waals surface area contributed by atoms with Gasteiger partial charge in [0.25, 0.3) is 0 Å². The number of nitriles is 1. The topological polar surface area (TPSA) is 106 Å². The maximum atomic E-state index is 13.2. The van der Waals surface area contributed by atoms with E-state index < -0.39 is 12.0 Å². The molecule has 4 aliphatic rings. The molecule has 1 fully saturated rings. The SMILES string of the molecule is COc1cc2c(cc1OC)C1C3Cc4cc5c(cc4C(COC(=O)C=CCc4cnc6ccccc6c4)N3C(C#N)C(C2)N1C)OCO5. The molecule has 4 aliphatic heterocycles. The van der Waals surface area contributed by atoms with Crippen molar-refractivity contribution in [3.63, 3.8) is 0 Å². The number of hydrogen-bond acceptors (Lipinski definition) is 10. The number of methoxy groups -OCH3 is 2. The van der Waals surface area contributed by atoms with E-state index in [1.165, 1.54) is 6.08 Å². The minimum Gasteiger partial charge on any atom is -0.493 e. The molecule has 10 nitrogen and oxygen atoms in total. The predicted molar refractivity (Wildman–Crippen MR) is 177 cm³/mol. The second-order valence-electron chi connectivity index (χ2n) is 12.8. The number of piperazine rings is 1. The number of likely N-dealkylation sites (N-methyl/N-ethyl adjacent to an activating group) is 1. The van der Waals surface area contributed by atoms with Crippen LogP contribution < -0.4 is 18.9 Å². The van der Waals surface area contributed by atoms with E-state index in [1.54, 1.807) is 20.3 Å². The molecule has 5 atom stereocenters. The molecule has 48 heavy (non-hydrogen) atoms. The molecule has 2 bridgehead atoms. The quantitative estimate of drug-likeness (QED) is 0.199. The highest BCUT2D eigenvalue weighted by molar-refractivity contribution is 5.82. The van der Waals surface area contributed by atoms with Crippen LogP contribution >= 0.6 is 0 Å². The van der Waals surface area contributed by atoms with E-state index in [0.29, 0.717) is 42.3 Å². The second-order valence-corrected chi connectivity index (χ2v) is 12.8. The Morgan fingerprint density at radius 3 is 2.56 bits per heavy atom. The van der Waals surface area contributed by atoms with Gasteiger partial charge in [-0.15, -0.1) is 0 Å². The van der Waals surface area contributed by atoms with Crippen LogP contribution in [0.2, 0.25) is 0 Å². The largest absolute Gasteiger partial charge is 0.493 e. The van der Waals surface area contributed by atoms with Crippen LogP contribution in [0.4, 0.5) is 0 Å². The van der Waals surface area contributed by atoms with Crippen LogP contribution in [0.15, 0.2) is 72.9 Å². The molecular formula is C38H36N4O6. The molecule has 0 spiro atoms. The Kier molecular flexibility index (Phi) is 7.66. The molecule has 8 rings (SSSR count). The van der Waals surface area contributed by atoms with Gasteiger partial charge in [-0.3, -0.25) is 14.8 Å². The van der Waals surface area contributed by atoms with Crippen molar-refractivity contribution in [2.45, 2.75) is 49.5 Å². The van der Waals surface area contributed by atoms with Gasteiger partial charge in [0, 0.05) is 29.7 Å². The molecule has 5 heterocycles. The third-order valence-electron chi connectivity index (χ3n) is 10.3. The molecule has 0 radical (unpaired) electrons. The van der Waals surface area contributed by atoms with Gasteiger partial charge in [0.05, 0.1) is 37.9 Å². The fraction of sp³-hybridized carbons (Fsp3) is 0.342. The number of carbonyl (C=O) groups excluding carboxylic acids is 1. The number of carbonyl (C=O) groups is 1. The summed E-state index contributed by atoms with van der Waals surface area (Å²) in [5.41, 5.74) is 6.34. The van der Waals surface area contributed by atoms with Crippen LogP contribution in [-0.2, 0) is 28.8 Å². The van der Waals surface area contributed by atoms with Gasteiger partial charge in [0.2, 0.25) is 6.79 Å². The van der Waals surface area contributed by atoms with Crippen molar-refractivity contribution >= 4 is 16.9 Å². The van der Waals surface area contributed by atoms with Crippen molar-refractivity contribution in [1.29, 1.82) is 5.26 Å². The first kappa shape index (κ1) is 30.2. The zero-order valence-corrected chi connectivity index (χ0v) is 27.1. The van der Waals surface area contributed by atoms with Crippen LogP contribution in [0.1, 0.15) is 39.9 Å². The lowest BCUT2D eigenvalue weighted by atomic mass is 9.72. The third kappa shape index (κ3) is 5.02. The summed E-state index contributed by atoms with van der Waals surface area (Å²) in [6.45, 7) is 0.246. The number of ether oxygens (including phenoxy) is 5. The minimum absolute atomic E-state index is 0.0320. The van der Waals surface area contributed by atoms with E-state index in [4.69, 9.17) is 23.7 Å². The molecule has 1 aromatic heterocycles. The maximum absolute atomic E-state index is 13.2. The standard InChI is InChI=1S/C38H36N4O6/c1-41-29-12-25-14-33(44-2)34(45-3)17-27(25)38(41)30-13-24-15-35-36(48-21-47-35)16-26(24)32(42(30)31(29)18-39)20-46-37(43)10-6-7-22-11-23-8-4-5-9-28(23)40-19-22/h4-6,8-11,14-17,19,29-32,38H,7,12-13,20-21H2,1-3H3. The number of hydrogen-bond donors (Lipinski definition) is 0. The molecule has 0 amide bonds. The molecule has 0 N–H and O–H groups in total. The number of esters is 1. The van der Waals surface area contributed by atoms with E-state index in [0.717, 1.165) is 38.7 Å². The van der Waals surface area contributed by atoms with Gasteiger partial charge >= 0.3 is 5.97 Å². The zero-order chi connectivity index (χ0) is 32.9. The summed E-state index contributed by atoms with van der Waals surface area (Å²) in [6, 6.07) is 19.9. The normalized spacial score (nSPS) is 24.0. The number of aromatic nitrogens is 1. The molecule has 5 unspecified atom stereocenters. The highest BCUT2D eigenvalue weighted by atomic mass is 16.7. The van der Waals surface area contributed by atoms with Crippen molar-refractivity contribution in [3.8, 4) is 29.1 Å². The molecule has 244 valence electrons. The smallest absolute Gasteiger partial charge is 0.330 e. The number of nitrogens with zero attached hydrogens (tertiary/aromatic N) is 4. The van der Waals surface area contributed by atoms with Gasteiger partial charge in [-0.1, -0.05) is 24.3 Å². The van der Waals surface area contributed by atoms with Crippen molar-refractivity contribution in [2.24, 2.45) is 0 Å². The first-order chi connectivity index (χ1) is 23.5.